The number of benzene rings is 2. The van der Waals surface area contributed by atoms with Crippen molar-refractivity contribution in [3.8, 4) is 23.1 Å². The van der Waals surface area contributed by atoms with Crippen LogP contribution in [-0.2, 0) is 6.18 Å². The zero-order chi connectivity index (χ0) is 18.9. The zero-order valence-electron chi connectivity index (χ0n) is 14.2. The van der Waals surface area contributed by atoms with Crippen LogP contribution in [-0.4, -0.2) is 20.9 Å². The van der Waals surface area contributed by atoms with E-state index >= 15 is 0 Å². The molecule has 5 nitrogen and oxygen atoms in total. The first-order valence-corrected chi connectivity index (χ1v) is 7.91. The van der Waals surface area contributed by atoms with Gasteiger partial charge in [-0.1, -0.05) is 12.1 Å². The molecule has 8 heteroatoms. The van der Waals surface area contributed by atoms with Crippen molar-refractivity contribution < 1.29 is 17.9 Å². The van der Waals surface area contributed by atoms with Gasteiger partial charge in [0.1, 0.15) is 0 Å². The number of anilines is 1. The lowest BCUT2D eigenvalue weighted by Gasteiger charge is -2.08. The molecular formula is C18H17F3N4O. The summed E-state index contributed by atoms with van der Waals surface area (Å²) in [5.41, 5.74) is 6.72. The van der Waals surface area contributed by atoms with E-state index in [9.17, 15) is 13.2 Å². The van der Waals surface area contributed by atoms with E-state index in [0.717, 1.165) is 12.1 Å². The van der Waals surface area contributed by atoms with E-state index < -0.39 is 11.7 Å². The van der Waals surface area contributed by atoms with Gasteiger partial charge in [0.05, 0.1) is 17.4 Å². The summed E-state index contributed by atoms with van der Waals surface area (Å²) in [6.45, 7) is 3.67. The van der Waals surface area contributed by atoms with Crippen LogP contribution in [0.2, 0.25) is 0 Å². The number of alkyl halides is 3. The molecule has 2 N–H and O–H groups in total. The number of nitrogens with two attached hydrogens (primary N) is 1. The van der Waals surface area contributed by atoms with Crippen LogP contribution in [0.5, 0.6) is 6.01 Å². The minimum Gasteiger partial charge on any atom is -0.460 e. The maximum atomic E-state index is 12.8. The van der Waals surface area contributed by atoms with E-state index in [1.165, 1.54) is 16.8 Å². The van der Waals surface area contributed by atoms with E-state index in [2.05, 4.69) is 10.1 Å². The standard InChI is InChI=1S/C18H17F3N4O/c1-11(2)26-17-23-16(12-3-5-13(6-4-12)18(19,20)21)25(24-17)15-9-7-14(22)8-10-15/h3-11H,22H2,1-2H3. The van der Waals surface area contributed by atoms with Crippen LogP contribution in [0.25, 0.3) is 17.1 Å². The zero-order valence-corrected chi connectivity index (χ0v) is 14.2. The Morgan fingerprint density at radius 2 is 1.62 bits per heavy atom. The van der Waals surface area contributed by atoms with Crippen molar-refractivity contribution in [2.75, 3.05) is 5.73 Å². The number of nitrogens with zero attached hydrogens (tertiary/aromatic N) is 3. The summed E-state index contributed by atoms with van der Waals surface area (Å²) in [6, 6.07) is 11.8. The normalized spacial score (nSPS) is 11.8. The predicted molar refractivity (Wildman–Crippen MR) is 92.0 cm³/mol. The molecule has 0 spiro atoms. The van der Waals surface area contributed by atoms with Gasteiger partial charge in [-0.3, -0.25) is 0 Å². The fourth-order valence-electron chi connectivity index (χ4n) is 2.34. The van der Waals surface area contributed by atoms with Crippen molar-refractivity contribution >= 4 is 5.69 Å². The number of ether oxygens (including phenoxy) is 1. The van der Waals surface area contributed by atoms with E-state index in [1.54, 1.807) is 24.3 Å². The van der Waals surface area contributed by atoms with Crippen molar-refractivity contribution in [1.29, 1.82) is 0 Å². The molecule has 3 rings (SSSR count). The third-order valence-electron chi connectivity index (χ3n) is 3.54. The second-order valence-electron chi connectivity index (χ2n) is 5.96. The van der Waals surface area contributed by atoms with Crippen LogP contribution in [0.1, 0.15) is 19.4 Å². The number of aromatic nitrogens is 3. The molecule has 1 aromatic heterocycles. The van der Waals surface area contributed by atoms with Crippen molar-refractivity contribution in [2.45, 2.75) is 26.1 Å². The van der Waals surface area contributed by atoms with E-state index in [0.29, 0.717) is 22.8 Å². The summed E-state index contributed by atoms with van der Waals surface area (Å²) in [5, 5.41) is 4.32. The predicted octanol–water partition coefficient (Wildman–Crippen LogP) is 4.32. The highest BCUT2D eigenvalue weighted by Crippen LogP contribution is 2.31. The average Bonchev–Trinajstić information content (AvgIpc) is 2.98. The molecule has 0 bridgehead atoms. The summed E-state index contributed by atoms with van der Waals surface area (Å²) < 4.78 is 45.4. The molecule has 0 aliphatic carbocycles. The van der Waals surface area contributed by atoms with E-state index in [4.69, 9.17) is 10.5 Å². The van der Waals surface area contributed by atoms with E-state index in [1.807, 2.05) is 13.8 Å². The third-order valence-corrected chi connectivity index (χ3v) is 3.54. The lowest BCUT2D eigenvalue weighted by Crippen LogP contribution is -2.07. The lowest BCUT2D eigenvalue weighted by molar-refractivity contribution is -0.137. The molecule has 0 atom stereocenters. The van der Waals surface area contributed by atoms with Gasteiger partial charge in [-0.2, -0.15) is 18.2 Å². The molecule has 0 amide bonds. The minimum absolute atomic E-state index is 0.141. The van der Waals surface area contributed by atoms with Crippen molar-refractivity contribution in [3.05, 3.63) is 54.1 Å². The van der Waals surface area contributed by atoms with Gasteiger partial charge in [-0.05, 0) is 50.2 Å². The highest BCUT2D eigenvalue weighted by molar-refractivity contribution is 5.59. The van der Waals surface area contributed by atoms with Gasteiger partial charge in [-0.25, -0.2) is 4.68 Å². The maximum absolute atomic E-state index is 12.8. The van der Waals surface area contributed by atoms with Crippen molar-refractivity contribution in [2.24, 2.45) is 0 Å². The maximum Gasteiger partial charge on any atom is 0.416 e. The molecule has 136 valence electrons. The summed E-state index contributed by atoms with van der Waals surface area (Å²) in [6.07, 6.45) is -4.53. The quantitative estimate of drug-likeness (QED) is 0.702. The highest BCUT2D eigenvalue weighted by Gasteiger charge is 2.30. The molecule has 1 heterocycles. The van der Waals surface area contributed by atoms with Crippen LogP contribution >= 0.6 is 0 Å². The Morgan fingerprint density at radius 3 is 2.15 bits per heavy atom. The van der Waals surface area contributed by atoms with Crippen LogP contribution in [0.3, 0.4) is 0 Å². The molecule has 0 unspecified atom stereocenters. The Balaban J connectivity index is 2.07. The molecule has 0 aliphatic heterocycles. The molecule has 0 fully saturated rings. The number of hydrogen-bond acceptors (Lipinski definition) is 4. The van der Waals surface area contributed by atoms with Gasteiger partial charge in [-0.15, -0.1) is 5.10 Å². The van der Waals surface area contributed by atoms with Crippen LogP contribution in [0.4, 0.5) is 18.9 Å². The molecule has 0 saturated heterocycles. The van der Waals surface area contributed by atoms with Crippen LogP contribution < -0.4 is 10.5 Å². The molecule has 0 saturated carbocycles. The number of nitrogen functional groups attached to an aromatic ring is 1. The van der Waals surface area contributed by atoms with Gasteiger partial charge in [0.25, 0.3) is 0 Å². The Hall–Kier alpha value is -3.03. The van der Waals surface area contributed by atoms with Crippen LogP contribution in [0, 0.1) is 0 Å². The fraction of sp³-hybridized carbons (Fsp3) is 0.222. The molecule has 3 aromatic rings. The Labute approximate surface area is 148 Å². The first-order valence-electron chi connectivity index (χ1n) is 7.91. The van der Waals surface area contributed by atoms with Crippen molar-refractivity contribution in [3.63, 3.8) is 0 Å². The fourth-order valence-corrected chi connectivity index (χ4v) is 2.34. The molecule has 2 aromatic carbocycles. The Bertz CT molecular complexity index is 884. The van der Waals surface area contributed by atoms with Gasteiger partial charge >= 0.3 is 12.2 Å². The third kappa shape index (κ3) is 3.79. The Morgan fingerprint density at radius 1 is 1.00 bits per heavy atom. The summed E-state index contributed by atoms with van der Waals surface area (Å²) >= 11 is 0. The monoisotopic (exact) mass is 362 g/mol. The molecule has 26 heavy (non-hydrogen) atoms. The summed E-state index contributed by atoms with van der Waals surface area (Å²) in [5.74, 6) is 0.374. The largest absolute Gasteiger partial charge is 0.460 e. The van der Waals surface area contributed by atoms with E-state index in [-0.39, 0.29) is 12.1 Å². The first-order chi connectivity index (χ1) is 12.2. The first kappa shape index (κ1) is 17.8. The SMILES string of the molecule is CC(C)Oc1nc(-c2ccc(C(F)(F)F)cc2)n(-c2ccc(N)cc2)n1. The van der Waals surface area contributed by atoms with Gasteiger partial charge in [0, 0.05) is 11.3 Å². The average molecular weight is 362 g/mol. The molecular weight excluding hydrogens is 345 g/mol. The topological polar surface area (TPSA) is 66.0 Å². The summed E-state index contributed by atoms with van der Waals surface area (Å²) in [7, 11) is 0. The van der Waals surface area contributed by atoms with Gasteiger partial charge in [0.15, 0.2) is 5.82 Å². The molecule has 0 aliphatic rings. The smallest absolute Gasteiger partial charge is 0.416 e. The van der Waals surface area contributed by atoms with Gasteiger partial charge < -0.3 is 10.5 Å². The van der Waals surface area contributed by atoms with Crippen LogP contribution in [0.15, 0.2) is 48.5 Å². The molecule has 0 radical (unpaired) electrons. The van der Waals surface area contributed by atoms with Gasteiger partial charge in [0.2, 0.25) is 0 Å². The second-order valence-corrected chi connectivity index (χ2v) is 5.96. The number of halogens is 3. The summed E-state index contributed by atoms with van der Waals surface area (Å²) in [4.78, 5) is 4.33. The minimum atomic E-state index is -4.39. The Kier molecular flexibility index (Phi) is 4.58. The van der Waals surface area contributed by atoms with Crippen molar-refractivity contribution in [1.82, 2.24) is 14.8 Å². The lowest BCUT2D eigenvalue weighted by atomic mass is 10.1. The number of hydrogen-bond donors (Lipinski definition) is 1. The second kappa shape index (κ2) is 6.70. The highest BCUT2D eigenvalue weighted by atomic mass is 19.4. The number of rotatable bonds is 4.